The maximum absolute atomic E-state index is 11.8. The van der Waals surface area contributed by atoms with E-state index in [0.717, 1.165) is 18.7 Å². The van der Waals surface area contributed by atoms with Crippen LogP contribution in [-0.4, -0.2) is 24.6 Å². The zero-order valence-electron chi connectivity index (χ0n) is 12.5. The molecule has 0 aliphatic rings. The highest BCUT2D eigenvalue weighted by Crippen LogP contribution is 2.26. The summed E-state index contributed by atoms with van der Waals surface area (Å²) in [5.41, 5.74) is 1.09. The Balaban J connectivity index is 2.66. The van der Waals surface area contributed by atoms with Gasteiger partial charge in [-0.05, 0) is 45.0 Å². The molecule has 1 amide bonds. The van der Waals surface area contributed by atoms with Crippen molar-refractivity contribution in [2.24, 2.45) is 0 Å². The fourth-order valence-corrected chi connectivity index (χ4v) is 1.91. The van der Waals surface area contributed by atoms with Crippen molar-refractivity contribution in [3.05, 3.63) is 28.8 Å². The van der Waals surface area contributed by atoms with Crippen LogP contribution in [0.25, 0.3) is 0 Å². The Hall–Kier alpha value is -1.26. The van der Waals surface area contributed by atoms with E-state index in [1.165, 1.54) is 0 Å². The van der Waals surface area contributed by atoms with Crippen molar-refractivity contribution in [1.82, 2.24) is 10.6 Å². The molecule has 0 radical (unpaired) electrons. The third-order valence-electron chi connectivity index (χ3n) is 2.68. The van der Waals surface area contributed by atoms with Gasteiger partial charge in [0.2, 0.25) is 0 Å². The topological polar surface area (TPSA) is 50.4 Å². The number of rotatable bonds is 7. The number of benzene rings is 1. The van der Waals surface area contributed by atoms with Gasteiger partial charge in [0.15, 0.2) is 6.10 Å². The van der Waals surface area contributed by atoms with Crippen molar-refractivity contribution in [1.29, 1.82) is 0 Å². The number of nitrogens with one attached hydrogen (secondary N) is 2. The standard InChI is InChI=1S/C15H23ClN2O2/c1-5-17-9-12-6-7-14(13(16)8-12)20-11(4)15(19)18-10(2)3/h6-8,10-11,17H,5,9H2,1-4H3,(H,18,19). The summed E-state index contributed by atoms with van der Waals surface area (Å²) in [6.45, 7) is 9.25. The molecular weight excluding hydrogens is 276 g/mol. The molecule has 0 saturated heterocycles. The zero-order valence-corrected chi connectivity index (χ0v) is 13.3. The summed E-state index contributed by atoms with van der Waals surface area (Å²) in [5, 5.41) is 6.55. The van der Waals surface area contributed by atoms with Crippen LogP contribution in [0.4, 0.5) is 0 Å². The van der Waals surface area contributed by atoms with Gasteiger partial charge in [0.1, 0.15) is 5.75 Å². The lowest BCUT2D eigenvalue weighted by atomic mass is 10.2. The molecule has 1 rings (SSSR count). The number of carbonyl (C=O) groups excluding carboxylic acids is 1. The highest BCUT2D eigenvalue weighted by molar-refractivity contribution is 6.32. The van der Waals surface area contributed by atoms with Gasteiger partial charge in [-0.1, -0.05) is 24.6 Å². The van der Waals surface area contributed by atoms with Crippen LogP contribution >= 0.6 is 11.6 Å². The Bertz CT molecular complexity index is 449. The van der Waals surface area contributed by atoms with Gasteiger partial charge in [-0.3, -0.25) is 4.79 Å². The largest absolute Gasteiger partial charge is 0.479 e. The van der Waals surface area contributed by atoms with Crippen LogP contribution in [0.2, 0.25) is 5.02 Å². The minimum atomic E-state index is -0.575. The quantitative estimate of drug-likeness (QED) is 0.814. The number of ether oxygens (including phenoxy) is 1. The molecule has 1 atom stereocenters. The second-order valence-corrected chi connectivity index (χ2v) is 5.38. The molecule has 0 spiro atoms. The molecule has 0 aliphatic heterocycles. The summed E-state index contributed by atoms with van der Waals surface area (Å²) in [7, 11) is 0. The summed E-state index contributed by atoms with van der Waals surface area (Å²) < 4.78 is 5.60. The van der Waals surface area contributed by atoms with Crippen molar-refractivity contribution >= 4 is 17.5 Å². The molecule has 0 bridgehead atoms. The number of hydrogen-bond acceptors (Lipinski definition) is 3. The Kier molecular flexibility index (Phi) is 6.82. The first-order valence-electron chi connectivity index (χ1n) is 6.90. The Morgan fingerprint density at radius 2 is 2.05 bits per heavy atom. The lowest BCUT2D eigenvalue weighted by Gasteiger charge is -2.17. The van der Waals surface area contributed by atoms with E-state index in [4.69, 9.17) is 16.3 Å². The average Bonchev–Trinajstić information content (AvgIpc) is 2.38. The molecule has 1 aromatic carbocycles. The highest BCUT2D eigenvalue weighted by Gasteiger charge is 2.16. The summed E-state index contributed by atoms with van der Waals surface area (Å²) in [5.74, 6) is 0.381. The van der Waals surface area contributed by atoms with Crippen LogP contribution in [0.3, 0.4) is 0 Å². The molecule has 0 aromatic heterocycles. The smallest absolute Gasteiger partial charge is 0.260 e. The molecule has 1 aromatic rings. The maximum Gasteiger partial charge on any atom is 0.260 e. The third kappa shape index (κ3) is 5.39. The van der Waals surface area contributed by atoms with E-state index in [0.29, 0.717) is 10.8 Å². The van der Waals surface area contributed by atoms with Crippen molar-refractivity contribution < 1.29 is 9.53 Å². The minimum absolute atomic E-state index is 0.0894. The SMILES string of the molecule is CCNCc1ccc(OC(C)C(=O)NC(C)C)c(Cl)c1. The van der Waals surface area contributed by atoms with Gasteiger partial charge in [-0.2, -0.15) is 0 Å². The van der Waals surface area contributed by atoms with Gasteiger partial charge < -0.3 is 15.4 Å². The van der Waals surface area contributed by atoms with Crippen molar-refractivity contribution in [3.63, 3.8) is 0 Å². The molecule has 0 heterocycles. The maximum atomic E-state index is 11.8. The average molecular weight is 299 g/mol. The first kappa shape index (κ1) is 16.8. The predicted octanol–water partition coefficient (Wildman–Crippen LogP) is 2.74. The summed E-state index contributed by atoms with van der Waals surface area (Å²) in [6.07, 6.45) is -0.575. The van der Waals surface area contributed by atoms with Gasteiger partial charge in [0.05, 0.1) is 5.02 Å². The Morgan fingerprint density at radius 1 is 1.35 bits per heavy atom. The molecule has 1 unspecified atom stereocenters. The van der Waals surface area contributed by atoms with Crippen LogP contribution in [0.5, 0.6) is 5.75 Å². The first-order valence-corrected chi connectivity index (χ1v) is 7.28. The molecular formula is C15H23ClN2O2. The Labute approximate surface area is 125 Å². The van der Waals surface area contributed by atoms with Crippen LogP contribution in [0.1, 0.15) is 33.3 Å². The normalized spacial score (nSPS) is 12.3. The molecule has 2 N–H and O–H groups in total. The van der Waals surface area contributed by atoms with Crippen molar-refractivity contribution in [3.8, 4) is 5.75 Å². The number of hydrogen-bond donors (Lipinski definition) is 2. The predicted molar refractivity (Wildman–Crippen MR) is 82.2 cm³/mol. The molecule has 20 heavy (non-hydrogen) atoms. The van der Waals surface area contributed by atoms with E-state index < -0.39 is 6.10 Å². The lowest BCUT2D eigenvalue weighted by molar-refractivity contribution is -0.127. The third-order valence-corrected chi connectivity index (χ3v) is 2.97. The van der Waals surface area contributed by atoms with Crippen molar-refractivity contribution in [2.45, 2.75) is 46.4 Å². The lowest BCUT2D eigenvalue weighted by Crippen LogP contribution is -2.40. The minimum Gasteiger partial charge on any atom is -0.479 e. The van der Waals surface area contributed by atoms with Gasteiger partial charge in [0, 0.05) is 12.6 Å². The highest BCUT2D eigenvalue weighted by atomic mass is 35.5. The van der Waals surface area contributed by atoms with Gasteiger partial charge in [-0.15, -0.1) is 0 Å². The fourth-order valence-electron chi connectivity index (χ4n) is 1.67. The molecule has 112 valence electrons. The van der Waals surface area contributed by atoms with Gasteiger partial charge >= 0.3 is 0 Å². The van der Waals surface area contributed by atoms with Gasteiger partial charge in [0.25, 0.3) is 5.91 Å². The molecule has 0 fully saturated rings. The van der Waals surface area contributed by atoms with Crippen molar-refractivity contribution in [2.75, 3.05) is 6.54 Å². The van der Waals surface area contributed by atoms with E-state index in [-0.39, 0.29) is 11.9 Å². The van der Waals surface area contributed by atoms with E-state index >= 15 is 0 Å². The summed E-state index contributed by atoms with van der Waals surface area (Å²) in [4.78, 5) is 11.8. The number of carbonyl (C=O) groups is 1. The second kappa shape index (κ2) is 8.12. The van der Waals surface area contributed by atoms with Crippen LogP contribution in [-0.2, 0) is 11.3 Å². The van der Waals surface area contributed by atoms with Crippen LogP contribution < -0.4 is 15.4 Å². The van der Waals surface area contributed by atoms with Crippen LogP contribution in [0.15, 0.2) is 18.2 Å². The molecule has 4 nitrogen and oxygen atoms in total. The zero-order chi connectivity index (χ0) is 15.1. The monoisotopic (exact) mass is 298 g/mol. The summed E-state index contributed by atoms with van der Waals surface area (Å²) >= 11 is 6.18. The number of amides is 1. The van der Waals surface area contributed by atoms with E-state index in [9.17, 15) is 4.79 Å². The summed E-state index contributed by atoms with van der Waals surface area (Å²) in [6, 6.07) is 5.68. The molecule has 0 aliphatic carbocycles. The molecule has 0 saturated carbocycles. The van der Waals surface area contributed by atoms with E-state index in [2.05, 4.69) is 10.6 Å². The Morgan fingerprint density at radius 3 is 2.60 bits per heavy atom. The fraction of sp³-hybridized carbons (Fsp3) is 0.533. The first-order chi connectivity index (χ1) is 9.43. The number of halogens is 1. The van der Waals surface area contributed by atoms with Crippen LogP contribution in [0, 0.1) is 0 Å². The van der Waals surface area contributed by atoms with E-state index in [1.807, 2.05) is 32.9 Å². The second-order valence-electron chi connectivity index (χ2n) is 4.97. The van der Waals surface area contributed by atoms with E-state index in [1.54, 1.807) is 13.0 Å². The molecule has 5 heteroatoms. The van der Waals surface area contributed by atoms with Gasteiger partial charge in [-0.25, -0.2) is 0 Å².